The first-order chi connectivity index (χ1) is 7.39. The molecule has 0 atom stereocenters. The number of Topliss-reactive ketones (excluding diaryl/α,β-unsaturated/α-hetero) is 1. The van der Waals surface area contributed by atoms with Gasteiger partial charge in [-0.2, -0.15) is 0 Å². The van der Waals surface area contributed by atoms with Crippen molar-refractivity contribution in [1.82, 2.24) is 9.38 Å². The van der Waals surface area contributed by atoms with Crippen LogP contribution in [-0.2, 0) is 5.41 Å². The van der Waals surface area contributed by atoms with E-state index in [-0.39, 0.29) is 11.2 Å². The van der Waals surface area contributed by atoms with E-state index in [9.17, 15) is 4.79 Å². The third-order valence-electron chi connectivity index (χ3n) is 2.60. The predicted molar refractivity (Wildman–Crippen MR) is 63.9 cm³/mol. The van der Waals surface area contributed by atoms with Gasteiger partial charge in [0.05, 0.1) is 11.7 Å². The molecule has 0 aliphatic heterocycles. The van der Waals surface area contributed by atoms with Gasteiger partial charge in [-0.3, -0.25) is 4.79 Å². The van der Waals surface area contributed by atoms with Crippen molar-refractivity contribution in [3.05, 3.63) is 35.9 Å². The number of hydrogen-bond donors (Lipinski definition) is 0. The number of pyridine rings is 1. The summed E-state index contributed by atoms with van der Waals surface area (Å²) in [5.41, 5.74) is 1.72. The summed E-state index contributed by atoms with van der Waals surface area (Å²) in [7, 11) is 0. The molecule has 0 saturated carbocycles. The van der Waals surface area contributed by atoms with E-state index in [4.69, 9.17) is 0 Å². The molecule has 0 radical (unpaired) electrons. The van der Waals surface area contributed by atoms with Gasteiger partial charge in [0.2, 0.25) is 0 Å². The summed E-state index contributed by atoms with van der Waals surface area (Å²) in [5.74, 6) is 1.06. The molecule has 0 N–H and O–H groups in total. The largest absolute Gasteiger partial charge is 0.303 e. The van der Waals surface area contributed by atoms with E-state index < -0.39 is 0 Å². The van der Waals surface area contributed by atoms with E-state index in [2.05, 4.69) is 25.8 Å². The normalized spacial score (nSPS) is 12.0. The third kappa shape index (κ3) is 1.73. The topological polar surface area (TPSA) is 34.4 Å². The average Bonchev–Trinajstić information content (AvgIpc) is 2.58. The number of aromatic nitrogens is 2. The fourth-order valence-corrected chi connectivity index (χ4v) is 1.75. The zero-order valence-corrected chi connectivity index (χ0v) is 10.1. The molecule has 16 heavy (non-hydrogen) atoms. The van der Waals surface area contributed by atoms with Crippen LogP contribution >= 0.6 is 0 Å². The molecular formula is C13H16N2O. The minimum Gasteiger partial charge on any atom is -0.303 e. The van der Waals surface area contributed by atoms with Crippen molar-refractivity contribution < 1.29 is 4.79 Å². The van der Waals surface area contributed by atoms with Crippen LogP contribution in [0.15, 0.2) is 24.5 Å². The van der Waals surface area contributed by atoms with Gasteiger partial charge >= 0.3 is 0 Å². The number of hydrogen-bond acceptors (Lipinski definition) is 2. The van der Waals surface area contributed by atoms with E-state index in [0.29, 0.717) is 0 Å². The quantitative estimate of drug-likeness (QED) is 0.687. The third-order valence-corrected chi connectivity index (χ3v) is 2.60. The van der Waals surface area contributed by atoms with Crippen molar-refractivity contribution >= 4 is 11.3 Å². The molecule has 0 aromatic carbocycles. The molecule has 3 nitrogen and oxygen atoms in total. The Morgan fingerprint density at radius 2 is 2.00 bits per heavy atom. The number of carbonyl (C=O) groups is 1. The van der Waals surface area contributed by atoms with Gasteiger partial charge in [-0.15, -0.1) is 0 Å². The second-order valence-electron chi connectivity index (χ2n) is 5.10. The zero-order chi connectivity index (χ0) is 11.9. The van der Waals surface area contributed by atoms with Crippen molar-refractivity contribution in [2.75, 3.05) is 0 Å². The van der Waals surface area contributed by atoms with Crippen molar-refractivity contribution in [2.24, 2.45) is 0 Å². The standard InChI is InChI=1S/C13H16N2O/c1-9(16)10-5-6-11-7-14-12(13(2,3)4)15(11)8-10/h5-8H,1-4H3. The first-order valence-electron chi connectivity index (χ1n) is 5.38. The van der Waals surface area contributed by atoms with E-state index in [1.54, 1.807) is 6.92 Å². The summed E-state index contributed by atoms with van der Waals surface area (Å²) in [6, 6.07) is 3.77. The minimum absolute atomic E-state index is 0.0260. The SMILES string of the molecule is CC(=O)c1ccc2cnc(C(C)(C)C)n2c1. The first-order valence-corrected chi connectivity index (χ1v) is 5.38. The second kappa shape index (κ2) is 3.44. The Kier molecular flexibility index (Phi) is 2.34. The maximum Gasteiger partial charge on any atom is 0.161 e. The van der Waals surface area contributed by atoms with Crippen LogP contribution in [0.5, 0.6) is 0 Å². The molecule has 84 valence electrons. The van der Waals surface area contributed by atoms with Gasteiger partial charge in [-0.25, -0.2) is 4.98 Å². The van der Waals surface area contributed by atoms with E-state index in [0.717, 1.165) is 16.9 Å². The maximum atomic E-state index is 11.3. The van der Waals surface area contributed by atoms with Crippen LogP contribution in [0.3, 0.4) is 0 Å². The summed E-state index contributed by atoms with van der Waals surface area (Å²) in [5, 5.41) is 0. The Bertz CT molecular complexity index is 547. The van der Waals surface area contributed by atoms with Crippen LogP contribution in [-0.4, -0.2) is 15.2 Å². The van der Waals surface area contributed by atoms with Gasteiger partial charge in [-0.1, -0.05) is 20.8 Å². The fourth-order valence-electron chi connectivity index (χ4n) is 1.75. The molecule has 0 bridgehead atoms. The number of fused-ring (bicyclic) bond motifs is 1. The highest BCUT2D eigenvalue weighted by atomic mass is 16.1. The van der Waals surface area contributed by atoms with Crippen LogP contribution in [0.2, 0.25) is 0 Å². The van der Waals surface area contributed by atoms with Crippen molar-refractivity contribution in [3.63, 3.8) is 0 Å². The Hall–Kier alpha value is -1.64. The van der Waals surface area contributed by atoms with E-state index >= 15 is 0 Å². The van der Waals surface area contributed by atoms with Gasteiger partial charge in [-0.05, 0) is 19.1 Å². The molecule has 3 heteroatoms. The molecule has 0 aliphatic carbocycles. The fraction of sp³-hybridized carbons (Fsp3) is 0.385. The van der Waals surface area contributed by atoms with Gasteiger partial charge in [0, 0.05) is 17.2 Å². The first kappa shape index (κ1) is 10.9. The Labute approximate surface area is 95.1 Å². The lowest BCUT2D eigenvalue weighted by Gasteiger charge is -2.17. The van der Waals surface area contributed by atoms with Crippen molar-refractivity contribution in [1.29, 1.82) is 0 Å². The summed E-state index contributed by atoms with van der Waals surface area (Å²) in [4.78, 5) is 15.8. The van der Waals surface area contributed by atoms with Gasteiger partial charge < -0.3 is 4.40 Å². The zero-order valence-electron chi connectivity index (χ0n) is 10.1. The lowest BCUT2D eigenvalue weighted by atomic mass is 9.96. The molecule has 0 fully saturated rings. The lowest BCUT2D eigenvalue weighted by molar-refractivity contribution is 0.101. The Morgan fingerprint density at radius 1 is 1.31 bits per heavy atom. The van der Waals surface area contributed by atoms with Gasteiger partial charge in [0.25, 0.3) is 0 Å². The highest BCUT2D eigenvalue weighted by molar-refractivity contribution is 5.94. The molecule has 0 unspecified atom stereocenters. The van der Waals surface area contributed by atoms with Crippen molar-refractivity contribution in [3.8, 4) is 0 Å². The number of nitrogens with zero attached hydrogens (tertiary/aromatic N) is 2. The predicted octanol–water partition coefficient (Wildman–Crippen LogP) is 2.83. The van der Waals surface area contributed by atoms with E-state index in [1.165, 1.54) is 0 Å². The highest BCUT2D eigenvalue weighted by Gasteiger charge is 2.19. The summed E-state index contributed by atoms with van der Waals surface area (Å²) in [6.45, 7) is 7.92. The Balaban J connectivity index is 2.70. The molecule has 0 amide bonds. The van der Waals surface area contributed by atoms with Crippen LogP contribution < -0.4 is 0 Å². The monoisotopic (exact) mass is 216 g/mol. The second-order valence-corrected chi connectivity index (χ2v) is 5.10. The maximum absolute atomic E-state index is 11.3. The summed E-state index contributed by atoms with van der Waals surface area (Å²) < 4.78 is 2.00. The molecule has 0 spiro atoms. The minimum atomic E-state index is -0.0260. The van der Waals surface area contributed by atoms with Crippen LogP contribution in [0.25, 0.3) is 5.52 Å². The smallest absolute Gasteiger partial charge is 0.161 e. The number of carbonyl (C=O) groups excluding carboxylic acids is 1. The number of ketones is 1. The molecule has 2 aromatic heterocycles. The molecule has 2 heterocycles. The molecule has 0 saturated heterocycles. The average molecular weight is 216 g/mol. The molecule has 2 rings (SSSR count). The molecular weight excluding hydrogens is 200 g/mol. The van der Waals surface area contributed by atoms with Gasteiger partial charge in [0.15, 0.2) is 5.78 Å². The lowest BCUT2D eigenvalue weighted by Crippen LogP contribution is -2.16. The summed E-state index contributed by atoms with van der Waals surface area (Å²) >= 11 is 0. The molecule has 0 aliphatic rings. The van der Waals surface area contributed by atoms with E-state index in [1.807, 2.05) is 28.9 Å². The summed E-state index contributed by atoms with van der Waals surface area (Å²) in [6.07, 6.45) is 3.70. The van der Waals surface area contributed by atoms with Gasteiger partial charge in [0.1, 0.15) is 5.82 Å². The van der Waals surface area contributed by atoms with Crippen molar-refractivity contribution in [2.45, 2.75) is 33.1 Å². The number of rotatable bonds is 1. The molecule has 2 aromatic rings. The number of imidazole rings is 1. The van der Waals surface area contributed by atoms with Crippen LogP contribution in [0.1, 0.15) is 43.9 Å². The Morgan fingerprint density at radius 3 is 2.56 bits per heavy atom. The highest BCUT2D eigenvalue weighted by Crippen LogP contribution is 2.22. The van der Waals surface area contributed by atoms with Crippen LogP contribution in [0, 0.1) is 0 Å². The van der Waals surface area contributed by atoms with Crippen LogP contribution in [0.4, 0.5) is 0 Å².